The highest BCUT2D eigenvalue weighted by molar-refractivity contribution is 14.0. The topological polar surface area (TPSA) is 85.0 Å². The van der Waals surface area contributed by atoms with Crippen molar-refractivity contribution in [2.45, 2.75) is 24.0 Å². The van der Waals surface area contributed by atoms with Crippen LogP contribution in [-0.4, -0.2) is 63.1 Å². The summed E-state index contributed by atoms with van der Waals surface area (Å²) in [5.74, 6) is 0.438. The van der Waals surface area contributed by atoms with Gasteiger partial charge in [0.2, 0.25) is 0 Å². The molecule has 2 fully saturated rings. The summed E-state index contributed by atoms with van der Waals surface area (Å²) < 4.78 is 28.1. The zero-order chi connectivity index (χ0) is 13.2. The van der Waals surface area contributed by atoms with E-state index >= 15 is 0 Å². The van der Waals surface area contributed by atoms with Gasteiger partial charge in [0.15, 0.2) is 15.8 Å². The zero-order valence-electron chi connectivity index (χ0n) is 11.2. The SMILES string of the molecule is CS(=O)(=O)C1(CN=C(N)N2CCOCC2)CCC1.I. The van der Waals surface area contributed by atoms with E-state index in [-0.39, 0.29) is 30.5 Å². The molecule has 0 atom stereocenters. The molecule has 0 bridgehead atoms. The molecule has 0 aromatic rings. The molecule has 0 aromatic heterocycles. The summed E-state index contributed by atoms with van der Waals surface area (Å²) in [5.41, 5.74) is 5.90. The van der Waals surface area contributed by atoms with Gasteiger partial charge in [0.05, 0.1) is 24.5 Å². The van der Waals surface area contributed by atoms with Crippen LogP contribution in [0, 0.1) is 0 Å². The molecule has 0 aromatic carbocycles. The average molecular weight is 403 g/mol. The number of aliphatic imine (C=N–C) groups is 1. The van der Waals surface area contributed by atoms with Crippen LogP contribution in [0.25, 0.3) is 0 Å². The summed E-state index contributed by atoms with van der Waals surface area (Å²) in [6.07, 6.45) is 3.66. The fourth-order valence-electron chi connectivity index (χ4n) is 2.33. The van der Waals surface area contributed by atoms with Gasteiger partial charge in [-0.15, -0.1) is 24.0 Å². The van der Waals surface area contributed by atoms with Gasteiger partial charge in [0.1, 0.15) is 0 Å². The molecule has 1 aliphatic carbocycles. The van der Waals surface area contributed by atoms with Crippen LogP contribution in [0.3, 0.4) is 0 Å². The van der Waals surface area contributed by atoms with Crippen molar-refractivity contribution < 1.29 is 13.2 Å². The summed E-state index contributed by atoms with van der Waals surface area (Å²) in [5, 5.41) is 0. The molecule has 8 heteroatoms. The number of rotatable bonds is 3. The van der Waals surface area contributed by atoms with E-state index in [1.807, 2.05) is 4.90 Å². The molecular formula is C11H22IN3O3S. The van der Waals surface area contributed by atoms with Crippen molar-refractivity contribution in [3.05, 3.63) is 0 Å². The van der Waals surface area contributed by atoms with Crippen LogP contribution in [0.15, 0.2) is 4.99 Å². The van der Waals surface area contributed by atoms with Crippen molar-refractivity contribution in [2.75, 3.05) is 39.1 Å². The molecule has 0 radical (unpaired) electrons. The molecule has 0 unspecified atom stereocenters. The van der Waals surface area contributed by atoms with Crippen LogP contribution in [0.5, 0.6) is 0 Å². The summed E-state index contributed by atoms with van der Waals surface area (Å²) in [4.78, 5) is 6.24. The fraction of sp³-hybridized carbons (Fsp3) is 0.909. The average Bonchev–Trinajstić information content (AvgIpc) is 2.26. The highest BCUT2D eigenvalue weighted by Crippen LogP contribution is 2.39. The van der Waals surface area contributed by atoms with E-state index in [4.69, 9.17) is 10.5 Å². The molecule has 19 heavy (non-hydrogen) atoms. The lowest BCUT2D eigenvalue weighted by molar-refractivity contribution is 0.0673. The summed E-state index contributed by atoms with van der Waals surface area (Å²) in [6, 6.07) is 0. The van der Waals surface area contributed by atoms with Gasteiger partial charge in [-0.2, -0.15) is 0 Å². The Hall–Kier alpha value is -0.0900. The van der Waals surface area contributed by atoms with Gasteiger partial charge in [0, 0.05) is 19.3 Å². The van der Waals surface area contributed by atoms with E-state index in [9.17, 15) is 8.42 Å². The van der Waals surface area contributed by atoms with Gasteiger partial charge in [-0.1, -0.05) is 6.42 Å². The number of hydrogen-bond acceptors (Lipinski definition) is 4. The minimum absolute atomic E-state index is 0. The first-order chi connectivity index (χ1) is 8.45. The maximum absolute atomic E-state index is 11.8. The highest BCUT2D eigenvalue weighted by Gasteiger charge is 2.46. The van der Waals surface area contributed by atoms with Gasteiger partial charge in [-0.3, -0.25) is 4.99 Å². The summed E-state index contributed by atoms with van der Waals surface area (Å²) in [7, 11) is -3.06. The van der Waals surface area contributed by atoms with Crippen LogP contribution in [0.1, 0.15) is 19.3 Å². The predicted octanol–water partition coefficient (Wildman–Crippen LogP) is 0.219. The fourth-order valence-corrected chi connectivity index (χ4v) is 3.66. The number of nitrogens with zero attached hydrogens (tertiary/aromatic N) is 2. The Labute approximate surface area is 131 Å². The molecule has 0 spiro atoms. The summed E-state index contributed by atoms with van der Waals surface area (Å²) in [6.45, 7) is 3.03. The highest BCUT2D eigenvalue weighted by atomic mass is 127. The number of morpholine rings is 1. The Morgan fingerprint density at radius 2 is 1.95 bits per heavy atom. The molecule has 112 valence electrons. The first-order valence-electron chi connectivity index (χ1n) is 6.27. The molecule has 2 rings (SSSR count). The predicted molar refractivity (Wildman–Crippen MR) is 85.7 cm³/mol. The largest absolute Gasteiger partial charge is 0.378 e. The molecular weight excluding hydrogens is 381 g/mol. The maximum atomic E-state index is 11.8. The van der Waals surface area contributed by atoms with Crippen molar-refractivity contribution >= 4 is 39.8 Å². The number of halogens is 1. The Balaban J connectivity index is 0.00000180. The first-order valence-corrected chi connectivity index (χ1v) is 8.16. The lowest BCUT2D eigenvalue weighted by Gasteiger charge is -2.39. The van der Waals surface area contributed by atoms with Crippen molar-refractivity contribution in [3.8, 4) is 0 Å². The third-order valence-corrected chi connectivity index (χ3v) is 6.03. The van der Waals surface area contributed by atoms with Crippen molar-refractivity contribution in [1.29, 1.82) is 0 Å². The maximum Gasteiger partial charge on any atom is 0.191 e. The lowest BCUT2D eigenvalue weighted by Crippen LogP contribution is -2.49. The monoisotopic (exact) mass is 403 g/mol. The normalized spacial score (nSPS) is 23.4. The standard InChI is InChI=1S/C11H21N3O3S.HI/c1-18(15,16)11(3-2-4-11)9-13-10(12)14-5-7-17-8-6-14;/h2-9H2,1H3,(H2,12,13);1H. The second-order valence-corrected chi connectivity index (χ2v) is 7.49. The number of guanidine groups is 1. The third-order valence-electron chi connectivity index (χ3n) is 3.92. The van der Waals surface area contributed by atoms with Crippen LogP contribution in [0.4, 0.5) is 0 Å². The van der Waals surface area contributed by atoms with Gasteiger partial charge in [0.25, 0.3) is 0 Å². The van der Waals surface area contributed by atoms with E-state index in [2.05, 4.69) is 4.99 Å². The Bertz CT molecular complexity index is 428. The number of hydrogen-bond donors (Lipinski definition) is 1. The molecule has 1 heterocycles. The second-order valence-electron chi connectivity index (χ2n) is 5.08. The van der Waals surface area contributed by atoms with Gasteiger partial charge < -0.3 is 15.4 Å². The van der Waals surface area contributed by atoms with Gasteiger partial charge in [-0.05, 0) is 12.8 Å². The van der Waals surface area contributed by atoms with E-state index in [0.717, 1.165) is 19.5 Å². The minimum Gasteiger partial charge on any atom is -0.378 e. The van der Waals surface area contributed by atoms with E-state index in [0.29, 0.717) is 32.0 Å². The van der Waals surface area contributed by atoms with Crippen molar-refractivity contribution in [3.63, 3.8) is 0 Å². The van der Waals surface area contributed by atoms with Gasteiger partial charge >= 0.3 is 0 Å². The number of ether oxygens (including phenoxy) is 1. The molecule has 1 saturated heterocycles. The van der Waals surface area contributed by atoms with Crippen molar-refractivity contribution in [2.24, 2.45) is 10.7 Å². The van der Waals surface area contributed by atoms with E-state index < -0.39 is 14.6 Å². The summed E-state index contributed by atoms with van der Waals surface area (Å²) >= 11 is 0. The molecule has 0 amide bonds. The minimum atomic E-state index is -3.06. The van der Waals surface area contributed by atoms with Crippen LogP contribution < -0.4 is 5.73 Å². The van der Waals surface area contributed by atoms with Crippen molar-refractivity contribution in [1.82, 2.24) is 4.90 Å². The zero-order valence-corrected chi connectivity index (χ0v) is 14.3. The first kappa shape index (κ1) is 17.0. The van der Waals surface area contributed by atoms with E-state index in [1.54, 1.807) is 0 Å². The van der Waals surface area contributed by atoms with Crippen LogP contribution in [0.2, 0.25) is 0 Å². The van der Waals surface area contributed by atoms with Gasteiger partial charge in [-0.25, -0.2) is 8.42 Å². The van der Waals surface area contributed by atoms with Crippen LogP contribution >= 0.6 is 24.0 Å². The Morgan fingerprint density at radius 3 is 2.37 bits per heavy atom. The Kier molecular flexibility index (Phi) is 5.87. The molecule has 1 aliphatic heterocycles. The number of nitrogens with two attached hydrogens (primary N) is 1. The molecule has 1 saturated carbocycles. The number of sulfone groups is 1. The molecule has 6 nitrogen and oxygen atoms in total. The molecule has 2 N–H and O–H groups in total. The second kappa shape index (κ2) is 6.57. The van der Waals surface area contributed by atoms with Crippen LogP contribution in [-0.2, 0) is 14.6 Å². The van der Waals surface area contributed by atoms with E-state index in [1.165, 1.54) is 6.26 Å². The smallest absolute Gasteiger partial charge is 0.191 e. The lowest BCUT2D eigenvalue weighted by atomic mass is 9.84. The third kappa shape index (κ3) is 3.72. The Morgan fingerprint density at radius 1 is 1.37 bits per heavy atom. The molecule has 2 aliphatic rings. The quantitative estimate of drug-likeness (QED) is 0.414.